The van der Waals surface area contributed by atoms with Gasteiger partial charge >= 0.3 is 0 Å². The van der Waals surface area contributed by atoms with Gasteiger partial charge in [0.05, 0.1) is 12.0 Å². The second-order valence-corrected chi connectivity index (χ2v) is 3.10. The van der Waals surface area contributed by atoms with Crippen molar-refractivity contribution in [3.63, 3.8) is 0 Å². The molecule has 3 nitrogen and oxygen atoms in total. The molecule has 0 fully saturated rings. The zero-order valence-corrected chi connectivity index (χ0v) is 7.40. The first-order chi connectivity index (χ1) is 6.93. The Morgan fingerprint density at radius 1 is 1.21 bits per heavy atom. The molecule has 0 spiro atoms. The lowest BCUT2D eigenvalue weighted by atomic mass is 10.3. The third kappa shape index (κ3) is 1.03. The number of nitrogens with one attached hydrogen (secondary N) is 1. The number of pyridine rings is 1. The molecule has 3 rings (SSSR count). The summed E-state index contributed by atoms with van der Waals surface area (Å²) in [6.07, 6.45) is 3.43. The van der Waals surface area contributed by atoms with Crippen LogP contribution in [-0.4, -0.2) is 9.97 Å². The van der Waals surface area contributed by atoms with E-state index in [1.165, 1.54) is 0 Å². The maximum atomic E-state index is 5.29. The molecular weight excluding hydrogens is 176 g/mol. The summed E-state index contributed by atoms with van der Waals surface area (Å²) in [6, 6.07) is 9.76. The Balaban J connectivity index is 2.24. The van der Waals surface area contributed by atoms with Crippen molar-refractivity contribution >= 4 is 11.0 Å². The molecule has 3 heterocycles. The van der Waals surface area contributed by atoms with Crippen molar-refractivity contribution in [2.24, 2.45) is 0 Å². The first kappa shape index (κ1) is 7.38. The molecule has 0 unspecified atom stereocenters. The minimum absolute atomic E-state index is 0.836. The van der Waals surface area contributed by atoms with Gasteiger partial charge in [0.2, 0.25) is 0 Å². The van der Waals surface area contributed by atoms with E-state index in [0.717, 1.165) is 22.5 Å². The molecule has 0 aliphatic carbocycles. The fourth-order valence-corrected chi connectivity index (χ4v) is 1.52. The Morgan fingerprint density at radius 3 is 3.00 bits per heavy atom. The SMILES string of the molecule is c1coc(-c2cc3cccnc3[nH]2)c1. The highest BCUT2D eigenvalue weighted by Crippen LogP contribution is 2.22. The fraction of sp³-hybridized carbons (Fsp3) is 0. The van der Waals surface area contributed by atoms with Gasteiger partial charge in [0.15, 0.2) is 0 Å². The summed E-state index contributed by atoms with van der Waals surface area (Å²) in [5, 5.41) is 1.10. The summed E-state index contributed by atoms with van der Waals surface area (Å²) in [5.41, 5.74) is 1.85. The molecule has 68 valence electrons. The number of nitrogens with zero attached hydrogens (tertiary/aromatic N) is 1. The van der Waals surface area contributed by atoms with Gasteiger partial charge in [-0.2, -0.15) is 0 Å². The van der Waals surface area contributed by atoms with Crippen LogP contribution < -0.4 is 0 Å². The van der Waals surface area contributed by atoms with Gasteiger partial charge < -0.3 is 9.40 Å². The van der Waals surface area contributed by atoms with Crippen molar-refractivity contribution in [3.05, 3.63) is 42.8 Å². The Bertz CT molecular complexity index is 518. The van der Waals surface area contributed by atoms with Gasteiger partial charge in [-0.05, 0) is 30.3 Å². The van der Waals surface area contributed by atoms with Crippen LogP contribution in [0.1, 0.15) is 0 Å². The lowest BCUT2D eigenvalue weighted by Gasteiger charge is -1.87. The molecule has 14 heavy (non-hydrogen) atoms. The summed E-state index contributed by atoms with van der Waals surface area (Å²) in [6.45, 7) is 0. The highest BCUT2D eigenvalue weighted by molar-refractivity contribution is 5.81. The largest absolute Gasteiger partial charge is 0.463 e. The predicted molar refractivity (Wildman–Crippen MR) is 53.8 cm³/mol. The molecule has 3 aromatic rings. The van der Waals surface area contributed by atoms with Crippen LogP contribution in [0.4, 0.5) is 0 Å². The highest BCUT2D eigenvalue weighted by Gasteiger charge is 2.04. The molecule has 0 aliphatic heterocycles. The van der Waals surface area contributed by atoms with Crippen molar-refractivity contribution in [1.29, 1.82) is 0 Å². The van der Waals surface area contributed by atoms with Crippen molar-refractivity contribution in [3.8, 4) is 11.5 Å². The van der Waals surface area contributed by atoms with Crippen LogP contribution >= 0.6 is 0 Å². The average molecular weight is 184 g/mol. The minimum atomic E-state index is 0.836. The first-order valence-electron chi connectivity index (χ1n) is 4.41. The normalized spacial score (nSPS) is 10.9. The summed E-state index contributed by atoms with van der Waals surface area (Å²) in [7, 11) is 0. The van der Waals surface area contributed by atoms with E-state index in [9.17, 15) is 0 Å². The standard InChI is InChI=1S/C11H8N2O/c1-3-8-7-9(10-4-2-6-14-10)13-11(8)12-5-1/h1-7H,(H,12,13). The summed E-state index contributed by atoms with van der Waals surface area (Å²) in [5.74, 6) is 0.836. The Morgan fingerprint density at radius 2 is 2.21 bits per heavy atom. The molecule has 0 atom stereocenters. The second-order valence-electron chi connectivity index (χ2n) is 3.10. The Labute approximate surface area is 80.4 Å². The highest BCUT2D eigenvalue weighted by atomic mass is 16.3. The van der Waals surface area contributed by atoms with Gasteiger partial charge in [-0.25, -0.2) is 4.98 Å². The maximum absolute atomic E-state index is 5.29. The van der Waals surface area contributed by atoms with Gasteiger partial charge in [0.1, 0.15) is 11.4 Å². The number of H-pyrrole nitrogens is 1. The van der Waals surface area contributed by atoms with Gasteiger partial charge in [0, 0.05) is 11.6 Å². The van der Waals surface area contributed by atoms with E-state index in [-0.39, 0.29) is 0 Å². The molecule has 0 aliphatic rings. The van der Waals surface area contributed by atoms with Crippen molar-refractivity contribution in [2.45, 2.75) is 0 Å². The van der Waals surface area contributed by atoms with Gasteiger partial charge in [-0.3, -0.25) is 0 Å². The van der Waals surface area contributed by atoms with Gasteiger partial charge in [0.25, 0.3) is 0 Å². The molecule has 3 heteroatoms. The maximum Gasteiger partial charge on any atom is 0.150 e. The Kier molecular flexibility index (Phi) is 1.44. The third-order valence-corrected chi connectivity index (χ3v) is 2.18. The number of fused-ring (bicyclic) bond motifs is 1. The third-order valence-electron chi connectivity index (χ3n) is 2.18. The molecule has 0 saturated heterocycles. The summed E-state index contributed by atoms with van der Waals surface area (Å²) >= 11 is 0. The van der Waals surface area contributed by atoms with E-state index in [1.54, 1.807) is 12.5 Å². The zero-order chi connectivity index (χ0) is 9.38. The summed E-state index contributed by atoms with van der Waals surface area (Å²) < 4.78 is 5.29. The molecule has 0 saturated carbocycles. The van der Waals surface area contributed by atoms with Gasteiger partial charge in [-0.15, -0.1) is 0 Å². The molecule has 0 amide bonds. The first-order valence-corrected chi connectivity index (χ1v) is 4.41. The van der Waals surface area contributed by atoms with Crippen LogP contribution in [0.2, 0.25) is 0 Å². The predicted octanol–water partition coefficient (Wildman–Crippen LogP) is 2.82. The quantitative estimate of drug-likeness (QED) is 0.631. The molecule has 3 aromatic heterocycles. The van der Waals surface area contributed by atoms with Crippen molar-refractivity contribution < 1.29 is 4.42 Å². The van der Waals surface area contributed by atoms with Crippen LogP contribution in [-0.2, 0) is 0 Å². The van der Waals surface area contributed by atoms with Crippen molar-refractivity contribution in [1.82, 2.24) is 9.97 Å². The number of hydrogen-bond acceptors (Lipinski definition) is 2. The Hall–Kier alpha value is -2.03. The number of aromatic nitrogens is 2. The fourth-order valence-electron chi connectivity index (χ4n) is 1.52. The topological polar surface area (TPSA) is 41.8 Å². The summed E-state index contributed by atoms with van der Waals surface area (Å²) in [4.78, 5) is 7.41. The van der Waals surface area contributed by atoms with Gasteiger partial charge in [-0.1, -0.05) is 0 Å². The van der Waals surface area contributed by atoms with Crippen LogP contribution in [0.5, 0.6) is 0 Å². The number of hydrogen-bond donors (Lipinski definition) is 1. The van der Waals surface area contributed by atoms with E-state index in [2.05, 4.69) is 9.97 Å². The van der Waals surface area contributed by atoms with Crippen LogP contribution in [0.15, 0.2) is 47.2 Å². The lowest BCUT2D eigenvalue weighted by Crippen LogP contribution is -1.73. The van der Waals surface area contributed by atoms with Crippen LogP contribution in [0.25, 0.3) is 22.5 Å². The van der Waals surface area contributed by atoms with Crippen LogP contribution in [0.3, 0.4) is 0 Å². The number of rotatable bonds is 1. The molecular formula is C11H8N2O. The zero-order valence-electron chi connectivity index (χ0n) is 7.40. The van der Waals surface area contributed by atoms with E-state index >= 15 is 0 Å². The average Bonchev–Trinajstić information content (AvgIpc) is 2.86. The second kappa shape index (κ2) is 2.73. The lowest BCUT2D eigenvalue weighted by molar-refractivity contribution is 0.580. The minimum Gasteiger partial charge on any atom is -0.463 e. The van der Waals surface area contributed by atoms with E-state index in [0.29, 0.717) is 0 Å². The number of aromatic amines is 1. The molecule has 1 N–H and O–H groups in total. The molecule has 0 bridgehead atoms. The molecule has 0 aromatic carbocycles. The van der Waals surface area contributed by atoms with Crippen molar-refractivity contribution in [2.75, 3.05) is 0 Å². The monoisotopic (exact) mass is 184 g/mol. The molecule has 0 radical (unpaired) electrons. The van der Waals surface area contributed by atoms with E-state index in [1.807, 2.05) is 30.3 Å². The van der Waals surface area contributed by atoms with E-state index < -0.39 is 0 Å². The van der Waals surface area contributed by atoms with E-state index in [4.69, 9.17) is 4.42 Å². The van der Waals surface area contributed by atoms with Crippen LogP contribution in [0, 0.1) is 0 Å². The smallest absolute Gasteiger partial charge is 0.150 e. The number of furan rings is 1.